The summed E-state index contributed by atoms with van der Waals surface area (Å²) in [5.74, 6) is -1.61. The van der Waals surface area contributed by atoms with Crippen LogP contribution in [0.3, 0.4) is 0 Å². The van der Waals surface area contributed by atoms with E-state index >= 15 is 0 Å². The lowest BCUT2D eigenvalue weighted by Gasteiger charge is -2.28. The number of hydrogen-bond donors (Lipinski definition) is 2. The molecule has 2 aromatic rings. The fourth-order valence-corrected chi connectivity index (χ4v) is 3.75. The SMILES string of the molecule is CC(C)C(NC(=O)c1cccs1)C(=O)OCC(=O)Nc1ccc(N2CCOCC2)cc1. The molecule has 166 valence electrons. The number of carbonyl (C=O) groups is 3. The van der Waals surface area contributed by atoms with Gasteiger partial charge in [0.1, 0.15) is 6.04 Å². The van der Waals surface area contributed by atoms with E-state index in [2.05, 4.69) is 15.5 Å². The second kappa shape index (κ2) is 10.9. The molecule has 0 saturated carbocycles. The van der Waals surface area contributed by atoms with Crippen LogP contribution in [0, 0.1) is 5.92 Å². The van der Waals surface area contributed by atoms with E-state index in [-0.39, 0.29) is 11.8 Å². The molecule has 1 aromatic carbocycles. The molecule has 2 heterocycles. The number of morpholine rings is 1. The highest BCUT2D eigenvalue weighted by molar-refractivity contribution is 7.12. The summed E-state index contributed by atoms with van der Waals surface area (Å²) >= 11 is 1.29. The van der Waals surface area contributed by atoms with Gasteiger partial charge in [-0.3, -0.25) is 9.59 Å². The number of hydrogen-bond acceptors (Lipinski definition) is 7. The number of benzene rings is 1. The van der Waals surface area contributed by atoms with Crippen LogP contribution in [0.5, 0.6) is 0 Å². The van der Waals surface area contributed by atoms with Crippen LogP contribution in [0.1, 0.15) is 23.5 Å². The average Bonchev–Trinajstić information content (AvgIpc) is 3.32. The molecule has 1 aromatic heterocycles. The number of anilines is 2. The number of rotatable bonds is 8. The Kier molecular flexibility index (Phi) is 8.02. The maximum absolute atomic E-state index is 12.4. The van der Waals surface area contributed by atoms with Crippen LogP contribution >= 0.6 is 11.3 Å². The van der Waals surface area contributed by atoms with Gasteiger partial charge >= 0.3 is 5.97 Å². The lowest BCUT2D eigenvalue weighted by Crippen LogP contribution is -2.45. The average molecular weight is 446 g/mol. The molecule has 1 saturated heterocycles. The van der Waals surface area contributed by atoms with E-state index in [1.165, 1.54) is 11.3 Å². The second-order valence-corrected chi connectivity index (χ2v) is 8.42. The van der Waals surface area contributed by atoms with E-state index in [0.29, 0.717) is 23.8 Å². The van der Waals surface area contributed by atoms with Gasteiger partial charge in [0.05, 0.1) is 18.1 Å². The number of carbonyl (C=O) groups excluding carboxylic acids is 3. The minimum Gasteiger partial charge on any atom is -0.454 e. The standard InChI is InChI=1S/C22H27N3O5S/c1-15(2)20(24-21(27)18-4-3-13-31-18)22(28)30-14-19(26)23-16-5-7-17(8-6-16)25-9-11-29-12-10-25/h3-8,13,15,20H,9-12,14H2,1-2H3,(H,23,26)(H,24,27). The van der Waals surface area contributed by atoms with Gasteiger partial charge in [-0.1, -0.05) is 19.9 Å². The largest absolute Gasteiger partial charge is 0.454 e. The number of thiophene rings is 1. The van der Waals surface area contributed by atoms with E-state index in [4.69, 9.17) is 9.47 Å². The molecule has 1 atom stereocenters. The Labute approximate surface area is 185 Å². The Bertz CT molecular complexity index is 877. The molecular weight excluding hydrogens is 418 g/mol. The minimum atomic E-state index is -0.838. The Morgan fingerprint density at radius 3 is 2.45 bits per heavy atom. The first-order valence-corrected chi connectivity index (χ1v) is 11.1. The first-order chi connectivity index (χ1) is 14.9. The quantitative estimate of drug-likeness (QED) is 0.606. The van der Waals surface area contributed by atoms with Crippen molar-refractivity contribution in [2.75, 3.05) is 43.1 Å². The Balaban J connectivity index is 1.48. The normalized spacial score (nSPS) is 14.7. The highest BCUT2D eigenvalue weighted by Crippen LogP contribution is 2.19. The summed E-state index contributed by atoms with van der Waals surface area (Å²) in [6, 6.07) is 10.1. The smallest absolute Gasteiger partial charge is 0.329 e. The van der Waals surface area contributed by atoms with Crippen molar-refractivity contribution < 1.29 is 23.9 Å². The monoisotopic (exact) mass is 445 g/mol. The van der Waals surface area contributed by atoms with Crippen molar-refractivity contribution >= 4 is 40.5 Å². The maximum atomic E-state index is 12.4. The fraction of sp³-hybridized carbons (Fsp3) is 0.409. The van der Waals surface area contributed by atoms with Gasteiger partial charge in [0.2, 0.25) is 0 Å². The third-order valence-corrected chi connectivity index (χ3v) is 5.69. The van der Waals surface area contributed by atoms with Gasteiger partial charge in [-0.05, 0) is 41.6 Å². The molecule has 1 aliphatic heterocycles. The molecule has 0 bridgehead atoms. The van der Waals surface area contributed by atoms with Crippen LogP contribution in [-0.2, 0) is 19.1 Å². The molecule has 8 nitrogen and oxygen atoms in total. The molecule has 0 spiro atoms. The zero-order valence-corrected chi connectivity index (χ0v) is 18.4. The fourth-order valence-electron chi connectivity index (χ4n) is 3.12. The molecule has 9 heteroatoms. The molecule has 1 fully saturated rings. The molecule has 0 radical (unpaired) electrons. The van der Waals surface area contributed by atoms with Gasteiger partial charge in [-0.25, -0.2) is 4.79 Å². The molecule has 2 amide bonds. The topological polar surface area (TPSA) is 97.0 Å². The Morgan fingerprint density at radius 2 is 1.84 bits per heavy atom. The lowest BCUT2D eigenvalue weighted by molar-refractivity contribution is -0.150. The van der Waals surface area contributed by atoms with Crippen molar-refractivity contribution in [3.05, 3.63) is 46.7 Å². The van der Waals surface area contributed by atoms with Crippen molar-refractivity contribution in [2.24, 2.45) is 5.92 Å². The maximum Gasteiger partial charge on any atom is 0.329 e. The van der Waals surface area contributed by atoms with Crippen LogP contribution in [0.15, 0.2) is 41.8 Å². The van der Waals surface area contributed by atoms with Crippen molar-refractivity contribution in [3.63, 3.8) is 0 Å². The predicted molar refractivity (Wildman–Crippen MR) is 119 cm³/mol. The molecule has 0 aliphatic carbocycles. The third kappa shape index (κ3) is 6.53. The van der Waals surface area contributed by atoms with Gasteiger partial charge in [-0.15, -0.1) is 11.3 Å². The highest BCUT2D eigenvalue weighted by atomic mass is 32.1. The first kappa shape index (κ1) is 22.8. The molecule has 31 heavy (non-hydrogen) atoms. The van der Waals surface area contributed by atoms with Gasteiger partial charge < -0.3 is 25.0 Å². The van der Waals surface area contributed by atoms with Gasteiger partial charge in [0.15, 0.2) is 6.61 Å². The summed E-state index contributed by atoms with van der Waals surface area (Å²) in [7, 11) is 0. The molecule has 2 N–H and O–H groups in total. The van der Waals surface area contributed by atoms with E-state index in [1.807, 2.05) is 24.3 Å². The Morgan fingerprint density at radius 1 is 1.13 bits per heavy atom. The van der Waals surface area contributed by atoms with E-state index in [9.17, 15) is 14.4 Å². The zero-order chi connectivity index (χ0) is 22.2. The number of amides is 2. The zero-order valence-electron chi connectivity index (χ0n) is 17.6. The van der Waals surface area contributed by atoms with Crippen molar-refractivity contribution in [1.82, 2.24) is 5.32 Å². The van der Waals surface area contributed by atoms with Crippen LogP contribution in [0.4, 0.5) is 11.4 Å². The van der Waals surface area contributed by atoms with E-state index in [0.717, 1.165) is 18.8 Å². The van der Waals surface area contributed by atoms with Gasteiger partial charge in [-0.2, -0.15) is 0 Å². The van der Waals surface area contributed by atoms with Crippen molar-refractivity contribution in [1.29, 1.82) is 0 Å². The number of nitrogens with one attached hydrogen (secondary N) is 2. The molecule has 1 aliphatic rings. The Hall–Kier alpha value is -2.91. The van der Waals surface area contributed by atoms with Gasteiger partial charge in [0, 0.05) is 24.5 Å². The first-order valence-electron chi connectivity index (χ1n) is 10.2. The van der Waals surface area contributed by atoms with E-state index in [1.54, 1.807) is 31.4 Å². The van der Waals surface area contributed by atoms with Crippen LogP contribution in [-0.4, -0.2) is 56.7 Å². The lowest BCUT2D eigenvalue weighted by atomic mass is 10.0. The highest BCUT2D eigenvalue weighted by Gasteiger charge is 2.27. The summed E-state index contributed by atoms with van der Waals surface area (Å²) < 4.78 is 10.5. The van der Waals surface area contributed by atoms with Crippen molar-refractivity contribution in [2.45, 2.75) is 19.9 Å². The minimum absolute atomic E-state index is 0.188. The van der Waals surface area contributed by atoms with Crippen LogP contribution in [0.25, 0.3) is 0 Å². The second-order valence-electron chi connectivity index (χ2n) is 7.47. The van der Waals surface area contributed by atoms with E-state index < -0.39 is 24.5 Å². The summed E-state index contributed by atoms with van der Waals surface area (Å²) in [4.78, 5) is 39.6. The van der Waals surface area contributed by atoms with Crippen molar-refractivity contribution in [3.8, 4) is 0 Å². The predicted octanol–water partition coefficient (Wildman–Crippen LogP) is 2.52. The summed E-state index contributed by atoms with van der Waals surface area (Å²) in [6.45, 7) is 6.25. The summed E-state index contributed by atoms with van der Waals surface area (Å²) in [5.41, 5.74) is 1.68. The van der Waals surface area contributed by atoms with Crippen LogP contribution in [0.2, 0.25) is 0 Å². The van der Waals surface area contributed by atoms with Crippen LogP contribution < -0.4 is 15.5 Å². The number of nitrogens with zero attached hydrogens (tertiary/aromatic N) is 1. The molecule has 1 unspecified atom stereocenters. The molecular formula is C22H27N3O5S. The third-order valence-electron chi connectivity index (χ3n) is 4.82. The molecule has 3 rings (SSSR count). The van der Waals surface area contributed by atoms with Gasteiger partial charge in [0.25, 0.3) is 11.8 Å². The number of esters is 1. The summed E-state index contributed by atoms with van der Waals surface area (Å²) in [5, 5.41) is 7.18. The number of ether oxygens (including phenoxy) is 2. The summed E-state index contributed by atoms with van der Waals surface area (Å²) in [6.07, 6.45) is 0.